The molecule has 1 aliphatic carbocycles. The maximum Gasteiger partial charge on any atom is 0.408 e. The maximum atomic E-state index is 15.1. The number of amides is 3. The average molecular weight is 990 g/mol. The second-order valence-corrected chi connectivity index (χ2v) is 22.6. The number of nitrogens with one attached hydrogen (secondary N) is 3. The first-order valence-electron chi connectivity index (χ1n) is 24.5. The van der Waals surface area contributed by atoms with E-state index in [1.807, 2.05) is 130 Å². The summed E-state index contributed by atoms with van der Waals surface area (Å²) in [5, 5.41) is 9.21. The molecule has 1 aliphatic rings. The quantitative estimate of drug-likeness (QED) is 0.0542. The fourth-order valence-corrected chi connectivity index (χ4v) is 12.5. The summed E-state index contributed by atoms with van der Waals surface area (Å²) in [5.41, 5.74) is 3.39. The van der Waals surface area contributed by atoms with E-state index in [0.29, 0.717) is 12.8 Å². The summed E-state index contributed by atoms with van der Waals surface area (Å²) in [5.74, 6) is -1.02. The monoisotopic (exact) mass is 989 g/mol. The zero-order chi connectivity index (χ0) is 50.5. The van der Waals surface area contributed by atoms with Crippen LogP contribution >= 0.6 is 23.5 Å². The Kier molecular flexibility index (Phi) is 17.2. The molecule has 0 heterocycles. The minimum absolute atomic E-state index is 0.00774. The highest BCUT2D eigenvalue weighted by atomic mass is 32.2. The standard InChI is InChI=1S/C60H67N3O6S2/c1-56(2,3)68-53(65)51(42-71-60(47-33-19-10-20-34-47,48-35-21-11-22-36-48)49-37-23-12-24-38-49)62-54(66)58(39-25-26-40-58)43-61-52(64)50(63-55(67)69-57(4,5)6)41-70-59(44-27-13-7-14-28-44,45-29-15-8-16-30-45)46-31-17-9-18-32-46/h7-24,27-38,50-51H,25-26,39-43H2,1-6H3,(H,61,64)(H,62,66)(H,63,67)/t50?,51-/m0/s1. The third kappa shape index (κ3) is 13.0. The number of esters is 1. The van der Waals surface area contributed by atoms with Gasteiger partial charge in [0.05, 0.1) is 14.9 Å². The molecule has 0 aromatic heterocycles. The molecule has 3 N–H and O–H groups in total. The van der Waals surface area contributed by atoms with Gasteiger partial charge >= 0.3 is 12.1 Å². The number of benzene rings is 6. The summed E-state index contributed by atoms with van der Waals surface area (Å²) < 4.78 is 10.2. The Bertz CT molecular complexity index is 2460. The summed E-state index contributed by atoms with van der Waals surface area (Å²) in [7, 11) is 0. The third-order valence-electron chi connectivity index (χ3n) is 12.7. The summed E-state index contributed by atoms with van der Waals surface area (Å²) in [6, 6.07) is 59.0. The molecule has 6 aromatic carbocycles. The van der Waals surface area contributed by atoms with Crippen LogP contribution in [-0.4, -0.2) is 65.2 Å². The first kappa shape index (κ1) is 52.5. The lowest BCUT2D eigenvalue weighted by Crippen LogP contribution is -2.56. The van der Waals surface area contributed by atoms with Crippen LogP contribution < -0.4 is 16.0 Å². The number of carbonyl (C=O) groups excluding carboxylic acids is 4. The molecule has 1 unspecified atom stereocenters. The van der Waals surface area contributed by atoms with Gasteiger partial charge in [-0.1, -0.05) is 195 Å². The summed E-state index contributed by atoms with van der Waals surface area (Å²) in [6.07, 6.45) is 1.78. The Morgan fingerprint density at radius 2 is 0.803 bits per heavy atom. The molecule has 9 nitrogen and oxygen atoms in total. The fraction of sp³-hybridized carbons (Fsp3) is 0.333. The minimum atomic E-state index is -1.07. The van der Waals surface area contributed by atoms with Crippen molar-refractivity contribution in [2.45, 2.75) is 100 Å². The van der Waals surface area contributed by atoms with Crippen molar-refractivity contribution in [3.05, 3.63) is 215 Å². The zero-order valence-corrected chi connectivity index (χ0v) is 43.3. The lowest BCUT2D eigenvalue weighted by atomic mass is 9.84. The molecule has 71 heavy (non-hydrogen) atoms. The molecule has 7 rings (SSSR count). The van der Waals surface area contributed by atoms with Crippen LogP contribution in [0.4, 0.5) is 4.79 Å². The molecule has 370 valence electrons. The molecule has 0 radical (unpaired) electrons. The number of thioether (sulfide) groups is 2. The topological polar surface area (TPSA) is 123 Å². The van der Waals surface area contributed by atoms with Gasteiger partial charge < -0.3 is 25.4 Å². The van der Waals surface area contributed by atoms with Crippen LogP contribution in [-0.2, 0) is 33.4 Å². The van der Waals surface area contributed by atoms with Gasteiger partial charge in [-0.3, -0.25) is 9.59 Å². The number of alkyl carbamates (subject to hydrolysis) is 1. The van der Waals surface area contributed by atoms with Crippen LogP contribution in [0.25, 0.3) is 0 Å². The molecule has 3 amide bonds. The minimum Gasteiger partial charge on any atom is -0.458 e. The number of carbonyl (C=O) groups is 4. The van der Waals surface area contributed by atoms with Crippen molar-refractivity contribution in [3.8, 4) is 0 Å². The Hall–Kier alpha value is -6.30. The lowest BCUT2D eigenvalue weighted by molar-refractivity contribution is -0.158. The molecule has 0 spiro atoms. The maximum absolute atomic E-state index is 15.1. The first-order valence-corrected chi connectivity index (χ1v) is 26.4. The smallest absolute Gasteiger partial charge is 0.408 e. The predicted octanol–water partition coefficient (Wildman–Crippen LogP) is 11.8. The van der Waals surface area contributed by atoms with Crippen LogP contribution in [0.15, 0.2) is 182 Å². The second kappa shape index (κ2) is 23.3. The van der Waals surface area contributed by atoms with Gasteiger partial charge in [-0.15, -0.1) is 23.5 Å². The SMILES string of the molecule is CC(C)(C)OC(=O)NC(CSC(c1ccccc1)(c1ccccc1)c1ccccc1)C(=O)NCC1(C(=O)N[C@@H](CSC(c2ccccc2)(c2ccccc2)c2ccccc2)C(=O)OC(C)(C)C)CCCC1. The van der Waals surface area contributed by atoms with Gasteiger partial charge in [0.2, 0.25) is 11.8 Å². The van der Waals surface area contributed by atoms with E-state index in [-0.39, 0.29) is 24.0 Å². The normalized spacial score (nSPS) is 14.6. The predicted molar refractivity (Wildman–Crippen MR) is 288 cm³/mol. The molecular weight excluding hydrogens is 923 g/mol. The van der Waals surface area contributed by atoms with Gasteiger partial charge in [-0.2, -0.15) is 0 Å². The third-order valence-corrected chi connectivity index (χ3v) is 15.9. The molecule has 1 saturated carbocycles. The highest BCUT2D eigenvalue weighted by Gasteiger charge is 2.46. The largest absolute Gasteiger partial charge is 0.458 e. The van der Waals surface area contributed by atoms with Crippen molar-refractivity contribution in [1.82, 2.24) is 16.0 Å². The molecular formula is C60H67N3O6S2. The van der Waals surface area contributed by atoms with Crippen molar-refractivity contribution in [2.24, 2.45) is 5.41 Å². The van der Waals surface area contributed by atoms with Gasteiger partial charge in [0.1, 0.15) is 23.3 Å². The fourth-order valence-electron chi connectivity index (χ4n) is 9.35. The summed E-state index contributed by atoms with van der Waals surface area (Å²) >= 11 is 3.11. The van der Waals surface area contributed by atoms with Crippen LogP contribution in [0.2, 0.25) is 0 Å². The second-order valence-electron chi connectivity index (χ2n) is 20.1. The summed E-state index contributed by atoms with van der Waals surface area (Å²) in [6.45, 7) is 10.8. The molecule has 0 aliphatic heterocycles. The molecule has 6 aromatic rings. The molecule has 11 heteroatoms. The van der Waals surface area contributed by atoms with Crippen molar-refractivity contribution in [3.63, 3.8) is 0 Å². The van der Waals surface area contributed by atoms with E-state index in [2.05, 4.69) is 88.7 Å². The van der Waals surface area contributed by atoms with Crippen molar-refractivity contribution < 1.29 is 28.7 Å². The van der Waals surface area contributed by atoms with E-state index in [0.717, 1.165) is 46.2 Å². The Morgan fingerprint density at radius 3 is 1.13 bits per heavy atom. The van der Waals surface area contributed by atoms with Crippen LogP contribution in [0.1, 0.15) is 101 Å². The Balaban J connectivity index is 1.18. The number of ether oxygens (including phenoxy) is 2. The van der Waals surface area contributed by atoms with E-state index in [4.69, 9.17) is 9.47 Å². The van der Waals surface area contributed by atoms with E-state index in [1.54, 1.807) is 44.3 Å². The molecule has 0 saturated heterocycles. The van der Waals surface area contributed by atoms with Gasteiger partial charge in [0, 0.05) is 18.1 Å². The van der Waals surface area contributed by atoms with Crippen molar-refractivity contribution in [2.75, 3.05) is 18.1 Å². The highest BCUT2D eigenvalue weighted by Crippen LogP contribution is 2.50. The number of hydrogen-bond donors (Lipinski definition) is 3. The van der Waals surface area contributed by atoms with E-state index >= 15 is 4.79 Å². The van der Waals surface area contributed by atoms with Gasteiger partial charge in [0.25, 0.3) is 0 Å². The lowest BCUT2D eigenvalue weighted by Gasteiger charge is -2.37. The van der Waals surface area contributed by atoms with Gasteiger partial charge in [-0.05, 0) is 87.8 Å². The van der Waals surface area contributed by atoms with Crippen LogP contribution in [0.3, 0.4) is 0 Å². The average Bonchev–Trinajstić information content (AvgIpc) is 3.86. The van der Waals surface area contributed by atoms with Gasteiger partial charge in [-0.25, -0.2) is 9.59 Å². The van der Waals surface area contributed by atoms with E-state index < -0.39 is 56.2 Å². The van der Waals surface area contributed by atoms with Gasteiger partial charge in [0.15, 0.2) is 0 Å². The molecule has 1 fully saturated rings. The Morgan fingerprint density at radius 1 is 0.479 bits per heavy atom. The van der Waals surface area contributed by atoms with E-state index in [9.17, 15) is 14.4 Å². The number of rotatable bonds is 19. The zero-order valence-electron chi connectivity index (χ0n) is 41.7. The highest BCUT2D eigenvalue weighted by molar-refractivity contribution is 8.01. The van der Waals surface area contributed by atoms with E-state index in [1.165, 1.54) is 0 Å². The summed E-state index contributed by atoms with van der Waals surface area (Å²) in [4.78, 5) is 57.8. The van der Waals surface area contributed by atoms with Crippen molar-refractivity contribution in [1.29, 1.82) is 0 Å². The van der Waals surface area contributed by atoms with Crippen LogP contribution in [0, 0.1) is 5.41 Å². The van der Waals surface area contributed by atoms with Crippen molar-refractivity contribution >= 4 is 47.4 Å². The molecule has 2 atom stereocenters. The number of hydrogen-bond acceptors (Lipinski definition) is 8. The van der Waals surface area contributed by atoms with Crippen LogP contribution in [0.5, 0.6) is 0 Å². The molecule has 0 bridgehead atoms. The Labute approximate surface area is 428 Å². The first-order chi connectivity index (χ1) is 34.0.